The second-order valence-corrected chi connectivity index (χ2v) is 6.67. The van der Waals surface area contributed by atoms with Crippen molar-refractivity contribution in [3.05, 3.63) is 35.4 Å². The molecule has 0 unspecified atom stereocenters. The van der Waals surface area contributed by atoms with Crippen molar-refractivity contribution in [1.29, 1.82) is 0 Å². The van der Waals surface area contributed by atoms with Gasteiger partial charge in [-0.1, -0.05) is 6.07 Å². The van der Waals surface area contributed by atoms with Gasteiger partial charge in [-0.2, -0.15) is 0 Å². The molecule has 2 aliphatic heterocycles. The van der Waals surface area contributed by atoms with Crippen LogP contribution in [0, 0.1) is 17.6 Å². The van der Waals surface area contributed by atoms with Crippen LogP contribution in [0.4, 0.5) is 8.78 Å². The van der Waals surface area contributed by atoms with E-state index in [0.717, 1.165) is 32.2 Å². The Labute approximate surface area is 141 Å². The highest BCUT2D eigenvalue weighted by Gasteiger charge is 2.27. The lowest BCUT2D eigenvalue weighted by molar-refractivity contribution is -0.129. The number of rotatable bonds is 4. The molecule has 2 fully saturated rings. The Morgan fingerprint density at radius 2 is 1.92 bits per heavy atom. The summed E-state index contributed by atoms with van der Waals surface area (Å²) in [6.45, 7) is 2.94. The SMILES string of the molecule is O=C(N[C@H]1CCCN(Cc2c(F)cccc2F)C1)C1CCOCC1. The molecule has 132 valence electrons. The summed E-state index contributed by atoms with van der Waals surface area (Å²) in [6.07, 6.45) is 3.35. The largest absolute Gasteiger partial charge is 0.381 e. The molecule has 2 saturated heterocycles. The Morgan fingerprint density at radius 1 is 1.21 bits per heavy atom. The maximum Gasteiger partial charge on any atom is 0.223 e. The molecule has 4 nitrogen and oxygen atoms in total. The molecule has 0 aromatic heterocycles. The summed E-state index contributed by atoms with van der Waals surface area (Å²) < 4.78 is 32.9. The van der Waals surface area contributed by atoms with Crippen LogP contribution >= 0.6 is 0 Å². The Bertz CT molecular complexity index is 556. The first-order valence-corrected chi connectivity index (χ1v) is 8.67. The molecule has 1 aromatic carbocycles. The van der Waals surface area contributed by atoms with Crippen molar-refractivity contribution in [3.63, 3.8) is 0 Å². The number of likely N-dealkylation sites (tertiary alicyclic amines) is 1. The minimum absolute atomic E-state index is 0.0261. The van der Waals surface area contributed by atoms with Gasteiger partial charge in [-0.3, -0.25) is 9.69 Å². The van der Waals surface area contributed by atoms with E-state index in [4.69, 9.17) is 4.74 Å². The Balaban J connectivity index is 1.55. The van der Waals surface area contributed by atoms with Gasteiger partial charge >= 0.3 is 0 Å². The molecule has 24 heavy (non-hydrogen) atoms. The molecule has 0 spiro atoms. The number of nitrogens with zero attached hydrogens (tertiary/aromatic N) is 1. The average Bonchev–Trinajstić information content (AvgIpc) is 2.59. The highest BCUT2D eigenvalue weighted by molar-refractivity contribution is 5.79. The fourth-order valence-electron chi connectivity index (χ4n) is 3.50. The van der Waals surface area contributed by atoms with E-state index in [9.17, 15) is 13.6 Å². The van der Waals surface area contributed by atoms with Gasteiger partial charge in [0.2, 0.25) is 5.91 Å². The zero-order valence-electron chi connectivity index (χ0n) is 13.8. The zero-order chi connectivity index (χ0) is 16.9. The van der Waals surface area contributed by atoms with Crippen LogP contribution in [0.15, 0.2) is 18.2 Å². The summed E-state index contributed by atoms with van der Waals surface area (Å²) in [6, 6.07) is 3.99. The minimum Gasteiger partial charge on any atom is -0.381 e. The van der Waals surface area contributed by atoms with Crippen LogP contribution in [0.3, 0.4) is 0 Å². The number of ether oxygens (including phenoxy) is 1. The van der Waals surface area contributed by atoms with E-state index < -0.39 is 11.6 Å². The molecule has 3 rings (SSSR count). The van der Waals surface area contributed by atoms with Crippen molar-refractivity contribution in [2.45, 2.75) is 38.3 Å². The topological polar surface area (TPSA) is 41.6 Å². The Hall–Kier alpha value is -1.53. The third-order valence-corrected chi connectivity index (χ3v) is 4.89. The molecule has 0 radical (unpaired) electrons. The second-order valence-electron chi connectivity index (χ2n) is 6.67. The fraction of sp³-hybridized carbons (Fsp3) is 0.611. The van der Waals surface area contributed by atoms with Crippen LogP contribution in [0.25, 0.3) is 0 Å². The van der Waals surface area contributed by atoms with Gasteiger partial charge < -0.3 is 10.1 Å². The molecule has 0 aliphatic carbocycles. The van der Waals surface area contributed by atoms with Gasteiger partial charge in [-0.25, -0.2) is 8.78 Å². The van der Waals surface area contributed by atoms with Crippen LogP contribution in [-0.2, 0) is 16.1 Å². The van der Waals surface area contributed by atoms with Gasteiger partial charge in [0.05, 0.1) is 0 Å². The first-order valence-electron chi connectivity index (χ1n) is 8.67. The first kappa shape index (κ1) is 17.3. The van der Waals surface area contributed by atoms with Gasteiger partial charge in [-0.05, 0) is 44.4 Å². The number of amides is 1. The summed E-state index contributed by atoms with van der Waals surface area (Å²) in [7, 11) is 0. The van der Waals surface area contributed by atoms with Gasteiger partial charge in [0, 0.05) is 43.8 Å². The van der Waals surface area contributed by atoms with Crippen molar-refractivity contribution in [3.8, 4) is 0 Å². The maximum absolute atomic E-state index is 13.8. The summed E-state index contributed by atoms with van der Waals surface area (Å²) in [5.41, 5.74) is 0.105. The highest BCUT2D eigenvalue weighted by Crippen LogP contribution is 2.20. The van der Waals surface area contributed by atoms with E-state index in [-0.39, 0.29) is 30.0 Å². The van der Waals surface area contributed by atoms with E-state index >= 15 is 0 Å². The van der Waals surface area contributed by atoms with Crippen molar-refractivity contribution >= 4 is 5.91 Å². The number of hydrogen-bond acceptors (Lipinski definition) is 3. The van der Waals surface area contributed by atoms with Gasteiger partial charge in [0.25, 0.3) is 0 Å². The van der Waals surface area contributed by atoms with Gasteiger partial charge in [-0.15, -0.1) is 0 Å². The fourth-order valence-corrected chi connectivity index (χ4v) is 3.50. The summed E-state index contributed by atoms with van der Waals surface area (Å²) in [5, 5.41) is 3.11. The predicted molar refractivity (Wildman–Crippen MR) is 86.3 cm³/mol. The van der Waals surface area contributed by atoms with E-state index in [0.29, 0.717) is 19.8 Å². The second kappa shape index (κ2) is 8.03. The lowest BCUT2D eigenvalue weighted by atomic mass is 9.97. The van der Waals surface area contributed by atoms with Crippen molar-refractivity contribution < 1.29 is 18.3 Å². The summed E-state index contributed by atoms with van der Waals surface area (Å²) in [5.74, 6) is -0.910. The zero-order valence-corrected chi connectivity index (χ0v) is 13.8. The molecular formula is C18H24F2N2O2. The predicted octanol–water partition coefficient (Wildman–Crippen LogP) is 2.47. The van der Waals surface area contributed by atoms with E-state index in [1.54, 1.807) is 0 Å². The lowest BCUT2D eigenvalue weighted by Crippen LogP contribution is -2.49. The molecule has 0 saturated carbocycles. The number of carbonyl (C=O) groups excluding carboxylic acids is 1. The summed E-state index contributed by atoms with van der Waals surface area (Å²) in [4.78, 5) is 14.3. The molecule has 2 heterocycles. The van der Waals surface area contributed by atoms with E-state index in [1.165, 1.54) is 18.2 Å². The molecule has 0 bridgehead atoms. The Kier molecular flexibility index (Phi) is 5.79. The van der Waals surface area contributed by atoms with Crippen LogP contribution < -0.4 is 5.32 Å². The average molecular weight is 338 g/mol. The monoisotopic (exact) mass is 338 g/mol. The van der Waals surface area contributed by atoms with Crippen molar-refractivity contribution in [2.24, 2.45) is 5.92 Å². The smallest absolute Gasteiger partial charge is 0.223 e. The van der Waals surface area contributed by atoms with Crippen LogP contribution in [0.1, 0.15) is 31.2 Å². The molecular weight excluding hydrogens is 314 g/mol. The van der Waals surface area contributed by atoms with Crippen molar-refractivity contribution in [1.82, 2.24) is 10.2 Å². The molecule has 1 amide bonds. The molecule has 1 N–H and O–H groups in total. The highest BCUT2D eigenvalue weighted by atomic mass is 19.1. The number of benzene rings is 1. The summed E-state index contributed by atoms with van der Waals surface area (Å²) >= 11 is 0. The molecule has 6 heteroatoms. The standard InChI is InChI=1S/C18H24F2N2O2/c19-16-4-1-5-17(20)15(16)12-22-8-2-3-14(11-22)21-18(23)13-6-9-24-10-7-13/h1,4-5,13-14H,2-3,6-12H2,(H,21,23)/t14-/m0/s1. The lowest BCUT2D eigenvalue weighted by Gasteiger charge is -2.34. The molecule has 2 aliphatic rings. The van der Waals surface area contributed by atoms with Crippen LogP contribution in [0.5, 0.6) is 0 Å². The number of carbonyl (C=O) groups is 1. The quantitative estimate of drug-likeness (QED) is 0.917. The number of halogens is 2. The third kappa shape index (κ3) is 4.30. The number of hydrogen-bond donors (Lipinski definition) is 1. The molecule has 1 atom stereocenters. The number of piperidine rings is 1. The Morgan fingerprint density at radius 3 is 2.62 bits per heavy atom. The number of nitrogens with one attached hydrogen (secondary N) is 1. The van der Waals surface area contributed by atoms with E-state index in [1.807, 2.05) is 4.90 Å². The van der Waals surface area contributed by atoms with Gasteiger partial charge in [0.1, 0.15) is 11.6 Å². The first-order chi connectivity index (χ1) is 11.6. The third-order valence-electron chi connectivity index (χ3n) is 4.89. The van der Waals surface area contributed by atoms with E-state index in [2.05, 4.69) is 5.32 Å². The van der Waals surface area contributed by atoms with Gasteiger partial charge in [0.15, 0.2) is 0 Å². The van der Waals surface area contributed by atoms with Crippen LogP contribution in [-0.4, -0.2) is 43.2 Å². The van der Waals surface area contributed by atoms with Crippen molar-refractivity contribution in [2.75, 3.05) is 26.3 Å². The van der Waals surface area contributed by atoms with Crippen LogP contribution in [0.2, 0.25) is 0 Å². The normalized spacial score (nSPS) is 23.2. The molecule has 1 aromatic rings. The minimum atomic E-state index is -0.511. The maximum atomic E-state index is 13.8.